The van der Waals surface area contributed by atoms with E-state index in [0.717, 1.165) is 18.5 Å². The van der Waals surface area contributed by atoms with E-state index in [4.69, 9.17) is 0 Å². The predicted octanol–water partition coefficient (Wildman–Crippen LogP) is 12.9. The summed E-state index contributed by atoms with van der Waals surface area (Å²) in [7, 11) is 0. The molecule has 0 spiro atoms. The first-order valence-corrected chi connectivity index (χ1v) is 17.5. The number of hydrogen-bond acceptors (Lipinski definition) is 0. The van der Waals surface area contributed by atoms with Gasteiger partial charge in [-0.25, -0.2) is 0 Å². The monoisotopic (exact) mass is 638 g/mol. The average molecular weight is 639 g/mol. The topological polar surface area (TPSA) is 9.86 Å². The van der Waals surface area contributed by atoms with E-state index in [1.54, 1.807) is 0 Å². The largest absolute Gasteiger partial charge is 0.309 e. The highest BCUT2D eigenvalue weighted by molar-refractivity contribution is 6.12. The number of para-hydroxylation sites is 4. The van der Waals surface area contributed by atoms with E-state index in [2.05, 4.69) is 191 Å². The van der Waals surface area contributed by atoms with Crippen LogP contribution in [0.3, 0.4) is 0 Å². The Labute approximate surface area is 291 Å². The van der Waals surface area contributed by atoms with Crippen molar-refractivity contribution in [1.29, 1.82) is 0 Å². The SMILES string of the molecule is C1=CC(c2ccc3c(c2)c2ccccc2n3-c2ccccc2-c2ccccc2-n2c3ccccc3c3cc(-c4ccccc4)ccc32)=CCC1. The van der Waals surface area contributed by atoms with E-state index >= 15 is 0 Å². The fourth-order valence-electron chi connectivity index (χ4n) is 8.07. The molecular formula is C48H34N2. The van der Waals surface area contributed by atoms with Gasteiger partial charge in [-0.1, -0.05) is 133 Å². The zero-order chi connectivity index (χ0) is 33.0. The molecule has 0 aliphatic heterocycles. The molecule has 1 aliphatic rings. The van der Waals surface area contributed by atoms with Gasteiger partial charge in [-0.05, 0) is 83.6 Å². The standard InChI is InChI=1S/C48H34N2/c1-3-15-33(16-4-1)35-27-29-47-41(31-35)39-21-9-13-25-45(39)49(47)43-23-11-7-19-37(43)38-20-8-12-24-44(38)50-46-26-14-10-22-40(46)42-32-36(28-30-48(42)50)34-17-5-2-6-18-34/h1,3-5,7-32H,2,6H2. The summed E-state index contributed by atoms with van der Waals surface area (Å²) in [5.41, 5.74) is 14.6. The maximum Gasteiger partial charge on any atom is 0.0541 e. The third-order valence-electron chi connectivity index (χ3n) is 10.4. The Morgan fingerprint density at radius 1 is 0.360 bits per heavy atom. The molecule has 1 aliphatic carbocycles. The lowest BCUT2D eigenvalue weighted by Crippen LogP contribution is -2.01. The van der Waals surface area contributed by atoms with E-state index in [0.29, 0.717) is 0 Å². The van der Waals surface area contributed by atoms with Crippen molar-refractivity contribution in [2.75, 3.05) is 0 Å². The van der Waals surface area contributed by atoms with Crippen molar-refractivity contribution in [2.24, 2.45) is 0 Å². The van der Waals surface area contributed by atoms with Gasteiger partial charge in [0.25, 0.3) is 0 Å². The van der Waals surface area contributed by atoms with Crippen LogP contribution in [0, 0.1) is 0 Å². The summed E-state index contributed by atoms with van der Waals surface area (Å²) in [6.07, 6.45) is 9.14. The van der Waals surface area contributed by atoms with Crippen molar-refractivity contribution < 1.29 is 0 Å². The first kappa shape index (κ1) is 28.6. The van der Waals surface area contributed by atoms with Gasteiger partial charge < -0.3 is 9.13 Å². The fourth-order valence-corrected chi connectivity index (χ4v) is 8.07. The maximum absolute atomic E-state index is 2.46. The molecule has 50 heavy (non-hydrogen) atoms. The molecule has 2 aromatic heterocycles. The molecule has 0 saturated carbocycles. The Balaban J connectivity index is 1.20. The van der Waals surface area contributed by atoms with E-state index < -0.39 is 0 Å². The zero-order valence-corrected chi connectivity index (χ0v) is 27.6. The molecule has 2 heterocycles. The molecule has 0 bridgehead atoms. The number of nitrogens with zero attached hydrogens (tertiary/aromatic N) is 2. The molecular weight excluding hydrogens is 605 g/mol. The smallest absolute Gasteiger partial charge is 0.0541 e. The Morgan fingerprint density at radius 3 is 1.46 bits per heavy atom. The minimum atomic E-state index is 1.10. The highest BCUT2D eigenvalue weighted by Crippen LogP contribution is 2.41. The summed E-state index contributed by atoms with van der Waals surface area (Å²) in [6.45, 7) is 0. The summed E-state index contributed by atoms with van der Waals surface area (Å²) < 4.78 is 4.92. The highest BCUT2D eigenvalue weighted by atomic mass is 15.0. The minimum Gasteiger partial charge on any atom is -0.309 e. The van der Waals surface area contributed by atoms with E-state index in [1.807, 2.05) is 0 Å². The normalized spacial score (nSPS) is 13.1. The fraction of sp³-hybridized carbons (Fsp3) is 0.0417. The lowest BCUT2D eigenvalue weighted by molar-refractivity contribution is 1.04. The quantitative estimate of drug-likeness (QED) is 0.178. The van der Waals surface area contributed by atoms with Gasteiger partial charge in [0.2, 0.25) is 0 Å². The number of benzene rings is 7. The summed E-state index contributed by atoms with van der Waals surface area (Å²) in [5, 5.41) is 5.05. The first-order chi connectivity index (χ1) is 24.8. The lowest BCUT2D eigenvalue weighted by Gasteiger charge is -2.18. The van der Waals surface area contributed by atoms with Crippen molar-refractivity contribution in [1.82, 2.24) is 9.13 Å². The van der Waals surface area contributed by atoms with Gasteiger partial charge in [-0.15, -0.1) is 0 Å². The van der Waals surface area contributed by atoms with Crippen LogP contribution in [-0.2, 0) is 0 Å². The van der Waals surface area contributed by atoms with Crippen LogP contribution < -0.4 is 0 Å². The van der Waals surface area contributed by atoms with Gasteiger partial charge >= 0.3 is 0 Å². The number of aromatic nitrogens is 2. The highest BCUT2D eigenvalue weighted by Gasteiger charge is 2.20. The van der Waals surface area contributed by atoms with Gasteiger partial charge in [0, 0.05) is 32.7 Å². The molecule has 236 valence electrons. The molecule has 2 nitrogen and oxygen atoms in total. The maximum atomic E-state index is 2.46. The Bertz CT molecular complexity index is 2810. The van der Waals surface area contributed by atoms with Crippen LogP contribution in [0.5, 0.6) is 0 Å². The second-order valence-electron chi connectivity index (χ2n) is 13.2. The Kier molecular flexibility index (Phi) is 6.67. The van der Waals surface area contributed by atoms with Crippen LogP contribution >= 0.6 is 0 Å². The summed E-state index contributed by atoms with van der Waals surface area (Å²) in [4.78, 5) is 0. The third-order valence-corrected chi connectivity index (χ3v) is 10.4. The number of fused-ring (bicyclic) bond motifs is 6. The molecule has 0 N–H and O–H groups in total. The number of allylic oxidation sites excluding steroid dienone is 4. The van der Waals surface area contributed by atoms with Crippen molar-refractivity contribution >= 4 is 49.2 Å². The molecule has 2 heteroatoms. The van der Waals surface area contributed by atoms with Crippen LogP contribution in [-0.4, -0.2) is 9.13 Å². The predicted molar refractivity (Wildman–Crippen MR) is 212 cm³/mol. The molecule has 0 amide bonds. The average Bonchev–Trinajstić information content (AvgIpc) is 3.70. The van der Waals surface area contributed by atoms with Gasteiger partial charge in [0.1, 0.15) is 0 Å². The van der Waals surface area contributed by atoms with E-state index in [-0.39, 0.29) is 0 Å². The zero-order valence-electron chi connectivity index (χ0n) is 27.6. The van der Waals surface area contributed by atoms with Crippen molar-refractivity contribution in [3.8, 4) is 33.6 Å². The van der Waals surface area contributed by atoms with Gasteiger partial charge in [-0.3, -0.25) is 0 Å². The minimum absolute atomic E-state index is 1.10. The van der Waals surface area contributed by atoms with Crippen molar-refractivity contribution in [3.05, 3.63) is 188 Å². The second-order valence-corrected chi connectivity index (χ2v) is 13.2. The van der Waals surface area contributed by atoms with Crippen LogP contribution in [0.1, 0.15) is 18.4 Å². The van der Waals surface area contributed by atoms with Gasteiger partial charge in [0.05, 0.1) is 33.4 Å². The molecule has 0 fully saturated rings. The molecule has 7 aromatic carbocycles. The number of rotatable bonds is 5. The first-order valence-electron chi connectivity index (χ1n) is 17.5. The molecule has 0 unspecified atom stereocenters. The Hall–Kier alpha value is -6.38. The van der Waals surface area contributed by atoms with Crippen LogP contribution in [0.4, 0.5) is 0 Å². The van der Waals surface area contributed by atoms with Gasteiger partial charge in [-0.2, -0.15) is 0 Å². The van der Waals surface area contributed by atoms with Crippen molar-refractivity contribution in [3.63, 3.8) is 0 Å². The van der Waals surface area contributed by atoms with Crippen LogP contribution in [0.25, 0.3) is 82.8 Å². The summed E-state index contributed by atoms with van der Waals surface area (Å²) >= 11 is 0. The van der Waals surface area contributed by atoms with E-state index in [9.17, 15) is 0 Å². The number of hydrogen-bond donors (Lipinski definition) is 0. The van der Waals surface area contributed by atoms with E-state index in [1.165, 1.54) is 82.7 Å². The molecule has 10 rings (SSSR count). The summed E-state index contributed by atoms with van der Waals surface area (Å²) in [6, 6.07) is 60.0. The molecule has 9 aromatic rings. The third kappa shape index (κ3) is 4.49. The molecule has 0 atom stereocenters. The van der Waals surface area contributed by atoms with Gasteiger partial charge in [0.15, 0.2) is 0 Å². The van der Waals surface area contributed by atoms with Crippen LogP contribution in [0.15, 0.2) is 182 Å². The molecule has 0 radical (unpaired) electrons. The van der Waals surface area contributed by atoms with Crippen LogP contribution in [0.2, 0.25) is 0 Å². The molecule has 0 saturated heterocycles. The summed E-state index contributed by atoms with van der Waals surface area (Å²) in [5.74, 6) is 0. The lowest BCUT2D eigenvalue weighted by atomic mass is 9.98. The van der Waals surface area contributed by atoms with Crippen molar-refractivity contribution in [2.45, 2.75) is 12.8 Å². The Morgan fingerprint density at radius 2 is 0.860 bits per heavy atom. The second kappa shape index (κ2) is 11.6.